The lowest BCUT2D eigenvalue weighted by Gasteiger charge is -2.00. The quantitative estimate of drug-likeness (QED) is 0.792. The van der Waals surface area contributed by atoms with Crippen molar-refractivity contribution in [2.45, 2.75) is 13.0 Å². The van der Waals surface area contributed by atoms with E-state index in [0.29, 0.717) is 19.5 Å². The van der Waals surface area contributed by atoms with Crippen LogP contribution in [0.2, 0.25) is 0 Å². The summed E-state index contributed by atoms with van der Waals surface area (Å²) in [6.07, 6.45) is 2.47. The van der Waals surface area contributed by atoms with Gasteiger partial charge >= 0.3 is 0 Å². The fourth-order valence-electron chi connectivity index (χ4n) is 1.54. The molecule has 1 aromatic heterocycles. The SMILES string of the molecule is N#CCCNCc1ccn(-c2ccccc2)n1. The molecule has 17 heavy (non-hydrogen) atoms. The van der Waals surface area contributed by atoms with E-state index in [1.807, 2.05) is 47.3 Å². The highest BCUT2D eigenvalue weighted by Crippen LogP contribution is 2.06. The van der Waals surface area contributed by atoms with Gasteiger partial charge in [0.1, 0.15) is 0 Å². The lowest BCUT2D eigenvalue weighted by Crippen LogP contribution is -2.14. The number of hydrogen-bond donors (Lipinski definition) is 1. The molecule has 86 valence electrons. The van der Waals surface area contributed by atoms with Crippen LogP contribution < -0.4 is 5.32 Å². The Hall–Kier alpha value is -2.12. The van der Waals surface area contributed by atoms with Crippen molar-refractivity contribution in [3.63, 3.8) is 0 Å². The van der Waals surface area contributed by atoms with Crippen molar-refractivity contribution in [1.29, 1.82) is 5.26 Å². The monoisotopic (exact) mass is 226 g/mol. The van der Waals surface area contributed by atoms with Gasteiger partial charge in [0.15, 0.2) is 0 Å². The molecule has 0 saturated carbocycles. The summed E-state index contributed by atoms with van der Waals surface area (Å²) in [4.78, 5) is 0. The lowest BCUT2D eigenvalue weighted by molar-refractivity contribution is 0.675. The zero-order chi connectivity index (χ0) is 11.9. The van der Waals surface area contributed by atoms with Gasteiger partial charge in [-0.1, -0.05) is 18.2 Å². The van der Waals surface area contributed by atoms with Crippen LogP contribution in [0.3, 0.4) is 0 Å². The molecule has 0 amide bonds. The Bertz CT molecular complexity index is 496. The number of nitriles is 1. The second kappa shape index (κ2) is 5.83. The van der Waals surface area contributed by atoms with Gasteiger partial charge in [0.2, 0.25) is 0 Å². The summed E-state index contributed by atoms with van der Waals surface area (Å²) in [5.74, 6) is 0. The average Bonchev–Trinajstić information content (AvgIpc) is 2.85. The molecule has 0 unspecified atom stereocenters. The van der Waals surface area contributed by atoms with E-state index in [0.717, 1.165) is 11.4 Å². The molecular weight excluding hydrogens is 212 g/mol. The van der Waals surface area contributed by atoms with Crippen molar-refractivity contribution in [3.05, 3.63) is 48.3 Å². The molecular formula is C13H14N4. The summed E-state index contributed by atoms with van der Waals surface area (Å²) in [6, 6.07) is 14.1. The molecule has 0 radical (unpaired) electrons. The van der Waals surface area contributed by atoms with Crippen LogP contribution in [0.15, 0.2) is 42.6 Å². The van der Waals surface area contributed by atoms with E-state index in [1.54, 1.807) is 0 Å². The molecule has 2 aromatic rings. The summed E-state index contributed by atoms with van der Waals surface area (Å²) >= 11 is 0. The maximum atomic E-state index is 8.41. The second-order valence-corrected chi connectivity index (χ2v) is 3.67. The van der Waals surface area contributed by atoms with Crippen molar-refractivity contribution in [1.82, 2.24) is 15.1 Å². The lowest BCUT2D eigenvalue weighted by atomic mass is 10.3. The van der Waals surface area contributed by atoms with E-state index in [-0.39, 0.29) is 0 Å². The highest BCUT2D eigenvalue weighted by molar-refractivity contribution is 5.30. The normalized spacial score (nSPS) is 10.1. The van der Waals surface area contributed by atoms with E-state index in [4.69, 9.17) is 5.26 Å². The predicted octanol–water partition coefficient (Wildman–Crippen LogP) is 1.88. The molecule has 0 bridgehead atoms. The van der Waals surface area contributed by atoms with Crippen molar-refractivity contribution >= 4 is 0 Å². The van der Waals surface area contributed by atoms with Crippen LogP contribution in [0.5, 0.6) is 0 Å². The molecule has 1 aromatic carbocycles. The van der Waals surface area contributed by atoms with Crippen LogP contribution in [0, 0.1) is 11.3 Å². The molecule has 0 aliphatic rings. The standard InChI is InChI=1S/C13H14N4/c14-8-4-9-15-11-12-7-10-17(16-12)13-5-2-1-3-6-13/h1-3,5-7,10,15H,4,9,11H2. The minimum absolute atomic E-state index is 0.527. The van der Waals surface area contributed by atoms with Gasteiger partial charge in [0, 0.05) is 25.7 Å². The van der Waals surface area contributed by atoms with Crippen LogP contribution in [0.4, 0.5) is 0 Å². The van der Waals surface area contributed by atoms with Gasteiger partial charge in [-0.3, -0.25) is 0 Å². The molecule has 1 heterocycles. The molecule has 0 saturated heterocycles. The van der Waals surface area contributed by atoms with Gasteiger partial charge in [-0.25, -0.2) is 4.68 Å². The summed E-state index contributed by atoms with van der Waals surface area (Å²) < 4.78 is 1.85. The first kappa shape index (κ1) is 11.4. The Morgan fingerprint density at radius 2 is 2.06 bits per heavy atom. The van der Waals surface area contributed by atoms with E-state index < -0.39 is 0 Å². The largest absolute Gasteiger partial charge is 0.310 e. The van der Waals surface area contributed by atoms with Crippen LogP contribution in [0.1, 0.15) is 12.1 Å². The fraction of sp³-hybridized carbons (Fsp3) is 0.231. The summed E-state index contributed by atoms with van der Waals surface area (Å²) in [7, 11) is 0. The van der Waals surface area contributed by atoms with Crippen molar-refractivity contribution in [3.8, 4) is 11.8 Å². The number of para-hydroxylation sites is 1. The van der Waals surface area contributed by atoms with Gasteiger partial charge in [-0.15, -0.1) is 0 Å². The van der Waals surface area contributed by atoms with Gasteiger partial charge in [0.05, 0.1) is 17.5 Å². The Morgan fingerprint density at radius 3 is 2.82 bits per heavy atom. The van der Waals surface area contributed by atoms with E-state index in [2.05, 4.69) is 16.5 Å². The first-order chi connectivity index (χ1) is 8.40. The smallest absolute Gasteiger partial charge is 0.0766 e. The first-order valence-electron chi connectivity index (χ1n) is 5.58. The molecule has 0 aliphatic carbocycles. The predicted molar refractivity (Wildman–Crippen MR) is 65.5 cm³/mol. The third-order valence-electron chi connectivity index (χ3n) is 2.38. The summed E-state index contributed by atoms with van der Waals surface area (Å²) in [6.45, 7) is 1.40. The van der Waals surface area contributed by atoms with Gasteiger partial charge < -0.3 is 5.32 Å². The molecule has 0 fully saturated rings. The molecule has 0 aliphatic heterocycles. The number of aromatic nitrogens is 2. The Kier molecular flexibility index (Phi) is 3.90. The summed E-state index contributed by atoms with van der Waals surface area (Å²) in [5.41, 5.74) is 2.03. The molecule has 2 rings (SSSR count). The number of rotatable bonds is 5. The Morgan fingerprint density at radius 1 is 1.24 bits per heavy atom. The van der Waals surface area contributed by atoms with E-state index in [1.165, 1.54) is 0 Å². The highest BCUT2D eigenvalue weighted by atomic mass is 15.3. The number of nitrogens with zero attached hydrogens (tertiary/aromatic N) is 3. The van der Waals surface area contributed by atoms with E-state index >= 15 is 0 Å². The van der Waals surface area contributed by atoms with Gasteiger partial charge in [-0.05, 0) is 18.2 Å². The maximum Gasteiger partial charge on any atom is 0.0766 e. The molecule has 0 atom stereocenters. The first-order valence-corrected chi connectivity index (χ1v) is 5.58. The third kappa shape index (κ3) is 3.16. The van der Waals surface area contributed by atoms with Crippen molar-refractivity contribution < 1.29 is 0 Å². The second-order valence-electron chi connectivity index (χ2n) is 3.67. The molecule has 4 nitrogen and oxygen atoms in total. The molecule has 0 spiro atoms. The highest BCUT2D eigenvalue weighted by Gasteiger charge is 1.99. The molecule has 4 heteroatoms. The maximum absolute atomic E-state index is 8.41. The minimum Gasteiger partial charge on any atom is -0.310 e. The number of nitrogens with one attached hydrogen (secondary N) is 1. The van der Waals surface area contributed by atoms with Crippen LogP contribution in [-0.2, 0) is 6.54 Å². The number of hydrogen-bond acceptors (Lipinski definition) is 3. The summed E-state index contributed by atoms with van der Waals surface area (Å²) in [5, 5.41) is 16.0. The third-order valence-corrected chi connectivity index (χ3v) is 2.38. The van der Waals surface area contributed by atoms with Gasteiger partial charge in [-0.2, -0.15) is 10.4 Å². The molecule has 1 N–H and O–H groups in total. The zero-order valence-corrected chi connectivity index (χ0v) is 9.50. The van der Waals surface area contributed by atoms with Crippen LogP contribution in [0.25, 0.3) is 5.69 Å². The minimum atomic E-state index is 0.527. The van der Waals surface area contributed by atoms with Crippen molar-refractivity contribution in [2.75, 3.05) is 6.54 Å². The fourth-order valence-corrected chi connectivity index (χ4v) is 1.54. The number of benzene rings is 1. The van der Waals surface area contributed by atoms with E-state index in [9.17, 15) is 0 Å². The Balaban J connectivity index is 1.95. The zero-order valence-electron chi connectivity index (χ0n) is 9.50. The Labute approximate surface area is 100 Å². The topological polar surface area (TPSA) is 53.6 Å². The van der Waals surface area contributed by atoms with Crippen LogP contribution in [-0.4, -0.2) is 16.3 Å². The van der Waals surface area contributed by atoms with Gasteiger partial charge in [0.25, 0.3) is 0 Å². The van der Waals surface area contributed by atoms with Crippen molar-refractivity contribution in [2.24, 2.45) is 0 Å². The van der Waals surface area contributed by atoms with Crippen LogP contribution >= 0.6 is 0 Å². The average molecular weight is 226 g/mol.